The highest BCUT2D eigenvalue weighted by Crippen LogP contribution is 2.23. The van der Waals surface area contributed by atoms with E-state index in [4.69, 9.17) is 23.2 Å². The number of nitrogens with zero attached hydrogens (tertiary/aromatic N) is 2. The van der Waals surface area contributed by atoms with Crippen molar-refractivity contribution in [1.29, 1.82) is 0 Å². The molecule has 0 unspecified atom stereocenters. The van der Waals surface area contributed by atoms with Crippen LogP contribution in [0.2, 0.25) is 10.0 Å². The molecule has 1 aromatic carbocycles. The maximum absolute atomic E-state index is 5.98. The standard InChI is InChI=1S/C9H6Cl2N2/c10-7-1-2-8(11)9(5-7)13-4-3-12-6-13/h1-6H. The number of halogens is 2. The zero-order valence-electron chi connectivity index (χ0n) is 6.61. The summed E-state index contributed by atoms with van der Waals surface area (Å²) in [7, 11) is 0. The highest BCUT2D eigenvalue weighted by molar-refractivity contribution is 6.34. The molecule has 2 nitrogen and oxygen atoms in total. The van der Waals surface area contributed by atoms with Crippen molar-refractivity contribution in [1.82, 2.24) is 9.55 Å². The fraction of sp³-hybridized carbons (Fsp3) is 0. The Balaban J connectivity index is 2.57. The second-order valence-electron chi connectivity index (χ2n) is 2.57. The molecule has 0 amide bonds. The molecule has 0 N–H and O–H groups in total. The Hall–Kier alpha value is -0.990. The smallest absolute Gasteiger partial charge is 0.0992 e. The van der Waals surface area contributed by atoms with E-state index < -0.39 is 0 Å². The number of imidazole rings is 1. The summed E-state index contributed by atoms with van der Waals surface area (Å²) in [5.74, 6) is 0. The summed E-state index contributed by atoms with van der Waals surface area (Å²) in [4.78, 5) is 3.93. The maximum atomic E-state index is 5.98. The van der Waals surface area contributed by atoms with Crippen LogP contribution in [0.25, 0.3) is 5.69 Å². The van der Waals surface area contributed by atoms with Crippen molar-refractivity contribution in [2.45, 2.75) is 0 Å². The highest BCUT2D eigenvalue weighted by Gasteiger charge is 2.02. The number of hydrogen-bond acceptors (Lipinski definition) is 1. The Kier molecular flexibility index (Phi) is 2.25. The van der Waals surface area contributed by atoms with Crippen LogP contribution in [0.1, 0.15) is 0 Å². The SMILES string of the molecule is Clc1ccc(Cl)c(-n2ccnc2)c1. The maximum Gasteiger partial charge on any atom is 0.0992 e. The normalized spacial score (nSPS) is 10.3. The molecule has 0 aliphatic rings. The Bertz CT molecular complexity index is 410. The Morgan fingerprint density at radius 1 is 1.23 bits per heavy atom. The average Bonchev–Trinajstić information content (AvgIpc) is 2.61. The molecule has 0 bridgehead atoms. The molecule has 4 heteroatoms. The lowest BCUT2D eigenvalue weighted by molar-refractivity contribution is 1.06. The van der Waals surface area contributed by atoms with Crippen molar-refractivity contribution in [3.05, 3.63) is 47.0 Å². The van der Waals surface area contributed by atoms with Crippen molar-refractivity contribution < 1.29 is 0 Å². The molecular weight excluding hydrogens is 207 g/mol. The molecule has 66 valence electrons. The number of hydrogen-bond donors (Lipinski definition) is 0. The molecule has 1 aromatic heterocycles. The van der Waals surface area contributed by atoms with E-state index in [9.17, 15) is 0 Å². The first-order chi connectivity index (χ1) is 6.27. The van der Waals surface area contributed by atoms with E-state index in [0.29, 0.717) is 10.0 Å². The van der Waals surface area contributed by atoms with Gasteiger partial charge >= 0.3 is 0 Å². The van der Waals surface area contributed by atoms with Crippen molar-refractivity contribution in [3.63, 3.8) is 0 Å². The molecule has 0 fully saturated rings. The van der Waals surface area contributed by atoms with E-state index >= 15 is 0 Å². The first-order valence-corrected chi connectivity index (χ1v) is 4.46. The molecule has 0 saturated carbocycles. The van der Waals surface area contributed by atoms with Gasteiger partial charge in [0.1, 0.15) is 0 Å². The Morgan fingerprint density at radius 3 is 2.77 bits per heavy atom. The van der Waals surface area contributed by atoms with Gasteiger partial charge in [0.15, 0.2) is 0 Å². The van der Waals surface area contributed by atoms with Crippen molar-refractivity contribution >= 4 is 23.2 Å². The van der Waals surface area contributed by atoms with Crippen LogP contribution in [0, 0.1) is 0 Å². The minimum Gasteiger partial charge on any atom is -0.305 e. The van der Waals surface area contributed by atoms with Crippen LogP contribution in [-0.2, 0) is 0 Å². The Morgan fingerprint density at radius 2 is 2.08 bits per heavy atom. The number of rotatable bonds is 1. The predicted molar refractivity (Wildman–Crippen MR) is 53.6 cm³/mol. The van der Waals surface area contributed by atoms with E-state index in [1.807, 2.05) is 10.8 Å². The lowest BCUT2D eigenvalue weighted by Gasteiger charge is -2.04. The second-order valence-corrected chi connectivity index (χ2v) is 3.41. The van der Waals surface area contributed by atoms with Crippen LogP contribution in [0.3, 0.4) is 0 Å². The molecule has 0 spiro atoms. The van der Waals surface area contributed by atoms with Gasteiger partial charge in [0.25, 0.3) is 0 Å². The van der Waals surface area contributed by atoms with E-state index in [2.05, 4.69) is 4.98 Å². The topological polar surface area (TPSA) is 17.8 Å². The zero-order chi connectivity index (χ0) is 9.26. The molecule has 0 aliphatic carbocycles. The molecule has 0 aliphatic heterocycles. The third-order valence-electron chi connectivity index (χ3n) is 1.69. The summed E-state index contributed by atoms with van der Waals surface area (Å²) in [6.07, 6.45) is 5.19. The van der Waals surface area contributed by atoms with E-state index in [1.165, 1.54) is 0 Å². The molecular formula is C9H6Cl2N2. The van der Waals surface area contributed by atoms with Crippen molar-refractivity contribution in [2.75, 3.05) is 0 Å². The third kappa shape index (κ3) is 1.69. The van der Waals surface area contributed by atoms with Gasteiger partial charge in [0.05, 0.1) is 17.0 Å². The van der Waals surface area contributed by atoms with Crippen LogP contribution in [0.4, 0.5) is 0 Å². The zero-order valence-corrected chi connectivity index (χ0v) is 8.13. The van der Waals surface area contributed by atoms with Gasteiger partial charge in [-0.25, -0.2) is 4.98 Å². The Labute approximate surface area is 85.7 Å². The highest BCUT2D eigenvalue weighted by atomic mass is 35.5. The molecule has 0 saturated heterocycles. The summed E-state index contributed by atoms with van der Waals surface area (Å²) in [5.41, 5.74) is 0.840. The van der Waals surface area contributed by atoms with Crippen LogP contribution in [0.15, 0.2) is 36.9 Å². The molecule has 0 atom stereocenters. The van der Waals surface area contributed by atoms with Crippen molar-refractivity contribution in [2.24, 2.45) is 0 Å². The predicted octanol–water partition coefficient (Wildman–Crippen LogP) is 3.18. The number of benzene rings is 1. The molecule has 2 rings (SSSR count). The van der Waals surface area contributed by atoms with Gasteiger partial charge in [-0.3, -0.25) is 0 Å². The fourth-order valence-corrected chi connectivity index (χ4v) is 1.47. The first kappa shape index (κ1) is 8.60. The van der Waals surface area contributed by atoms with Gasteiger partial charge in [-0.1, -0.05) is 23.2 Å². The molecule has 2 aromatic rings. The molecule has 1 heterocycles. The summed E-state index contributed by atoms with van der Waals surface area (Å²) in [6.45, 7) is 0. The van der Waals surface area contributed by atoms with Crippen LogP contribution in [-0.4, -0.2) is 9.55 Å². The first-order valence-electron chi connectivity index (χ1n) is 3.71. The van der Waals surface area contributed by atoms with E-state index in [0.717, 1.165) is 5.69 Å². The largest absolute Gasteiger partial charge is 0.305 e. The third-order valence-corrected chi connectivity index (χ3v) is 2.25. The minimum absolute atomic E-state index is 0.655. The second kappa shape index (κ2) is 3.40. The summed E-state index contributed by atoms with van der Waals surface area (Å²) < 4.78 is 1.81. The van der Waals surface area contributed by atoms with Gasteiger partial charge in [0.2, 0.25) is 0 Å². The van der Waals surface area contributed by atoms with Gasteiger partial charge < -0.3 is 4.57 Å². The van der Waals surface area contributed by atoms with Gasteiger partial charge in [-0.2, -0.15) is 0 Å². The lowest BCUT2D eigenvalue weighted by Crippen LogP contribution is -1.90. The van der Waals surface area contributed by atoms with Gasteiger partial charge in [-0.15, -0.1) is 0 Å². The fourth-order valence-electron chi connectivity index (χ4n) is 1.09. The average molecular weight is 213 g/mol. The quantitative estimate of drug-likeness (QED) is 0.711. The molecule has 0 radical (unpaired) electrons. The lowest BCUT2D eigenvalue weighted by atomic mass is 10.3. The minimum atomic E-state index is 0.655. The van der Waals surface area contributed by atoms with Crippen LogP contribution >= 0.6 is 23.2 Å². The van der Waals surface area contributed by atoms with E-state index in [1.54, 1.807) is 30.7 Å². The van der Waals surface area contributed by atoms with Crippen molar-refractivity contribution in [3.8, 4) is 5.69 Å². The molecule has 13 heavy (non-hydrogen) atoms. The van der Waals surface area contributed by atoms with Crippen LogP contribution in [0.5, 0.6) is 0 Å². The summed E-state index contributed by atoms with van der Waals surface area (Å²) >= 11 is 11.8. The summed E-state index contributed by atoms with van der Waals surface area (Å²) in [6, 6.07) is 5.31. The van der Waals surface area contributed by atoms with Gasteiger partial charge in [-0.05, 0) is 18.2 Å². The summed E-state index contributed by atoms with van der Waals surface area (Å²) in [5, 5.41) is 1.32. The number of aromatic nitrogens is 2. The monoisotopic (exact) mass is 212 g/mol. The van der Waals surface area contributed by atoms with Crippen LogP contribution < -0.4 is 0 Å². The van der Waals surface area contributed by atoms with E-state index in [-0.39, 0.29) is 0 Å². The van der Waals surface area contributed by atoms with Gasteiger partial charge in [0, 0.05) is 17.4 Å².